The maximum atomic E-state index is 12.6. The lowest BCUT2D eigenvalue weighted by Gasteiger charge is -2.24. The van der Waals surface area contributed by atoms with Gasteiger partial charge in [0.05, 0.1) is 11.8 Å². The Balaban J connectivity index is 1.69. The number of ether oxygens (including phenoxy) is 1. The first-order valence-corrected chi connectivity index (χ1v) is 9.22. The second kappa shape index (κ2) is 7.74. The summed E-state index contributed by atoms with van der Waals surface area (Å²) < 4.78 is 4.98. The Morgan fingerprint density at radius 1 is 1.12 bits per heavy atom. The number of ketones is 1. The van der Waals surface area contributed by atoms with E-state index in [2.05, 4.69) is 12.1 Å². The predicted molar refractivity (Wildman–Crippen MR) is 103 cm³/mol. The zero-order chi connectivity index (χ0) is 18.7. The monoisotopic (exact) mass is 368 g/mol. The molecule has 1 aliphatic rings. The van der Waals surface area contributed by atoms with E-state index in [0.717, 1.165) is 5.56 Å². The largest absolute Gasteiger partial charge is 0.427 e. The number of hydrogen-bond donors (Lipinski definition) is 1. The molecule has 0 spiro atoms. The smallest absolute Gasteiger partial charge is 0.308 e. The Labute approximate surface area is 156 Å². The highest BCUT2D eigenvalue weighted by atomic mass is 32.2. The first-order valence-electron chi connectivity index (χ1n) is 8.34. The lowest BCUT2D eigenvalue weighted by molar-refractivity contribution is -0.131. The Hall–Kier alpha value is -2.60. The predicted octanol–water partition coefficient (Wildman–Crippen LogP) is 3.91. The number of carbonyl (C=O) groups excluding carboxylic acids is 2. The number of nitrogens with one attached hydrogen (secondary N) is 1. The number of Topliss-reactive ketones (excluding diaryl/α,β-unsaturated/α-hetero) is 1. The molecule has 0 radical (unpaired) electrons. The second-order valence-corrected chi connectivity index (χ2v) is 7.29. The molecule has 0 aliphatic carbocycles. The van der Waals surface area contributed by atoms with Crippen molar-refractivity contribution in [2.75, 3.05) is 6.54 Å². The van der Waals surface area contributed by atoms with Crippen molar-refractivity contribution < 1.29 is 14.3 Å². The minimum Gasteiger partial charge on any atom is -0.427 e. The Kier molecular flexibility index (Phi) is 5.42. The van der Waals surface area contributed by atoms with Crippen LogP contribution in [0.3, 0.4) is 0 Å². The van der Waals surface area contributed by atoms with E-state index in [1.807, 2.05) is 30.0 Å². The number of thioether (sulfide) groups is 1. The maximum absolute atomic E-state index is 12.6. The fourth-order valence-electron chi connectivity index (χ4n) is 2.96. The number of carbonyl (C=O) groups is 2. The third-order valence-corrected chi connectivity index (χ3v) is 5.69. The van der Waals surface area contributed by atoms with Gasteiger partial charge < -0.3 is 9.64 Å². The van der Waals surface area contributed by atoms with Gasteiger partial charge in [-0.3, -0.25) is 15.0 Å². The third kappa shape index (κ3) is 3.96. The highest BCUT2D eigenvalue weighted by Crippen LogP contribution is 2.42. The van der Waals surface area contributed by atoms with Gasteiger partial charge in [-0.05, 0) is 36.8 Å². The van der Waals surface area contributed by atoms with Crippen LogP contribution in [0.2, 0.25) is 0 Å². The van der Waals surface area contributed by atoms with Gasteiger partial charge in [0.2, 0.25) is 0 Å². The van der Waals surface area contributed by atoms with Crippen LogP contribution in [0.15, 0.2) is 54.6 Å². The number of nitrogens with zero attached hydrogens (tertiary/aromatic N) is 1. The zero-order valence-corrected chi connectivity index (χ0v) is 15.5. The van der Waals surface area contributed by atoms with Gasteiger partial charge in [0, 0.05) is 18.5 Å². The summed E-state index contributed by atoms with van der Waals surface area (Å²) in [4.78, 5) is 25.4. The summed E-state index contributed by atoms with van der Waals surface area (Å²) in [7, 11) is 0. The van der Waals surface area contributed by atoms with E-state index in [1.165, 1.54) is 18.7 Å². The number of benzene rings is 2. The summed E-state index contributed by atoms with van der Waals surface area (Å²) in [6.07, 6.45) is 0. The topological polar surface area (TPSA) is 70.5 Å². The summed E-state index contributed by atoms with van der Waals surface area (Å²) in [6, 6.07) is 16.6. The van der Waals surface area contributed by atoms with Crippen LogP contribution < -0.4 is 4.74 Å². The molecular weight excluding hydrogens is 348 g/mol. The fraction of sp³-hybridized carbons (Fsp3) is 0.250. The van der Waals surface area contributed by atoms with E-state index < -0.39 is 5.97 Å². The van der Waals surface area contributed by atoms with E-state index in [0.29, 0.717) is 16.5 Å². The Bertz CT molecular complexity index is 821. The molecule has 1 heterocycles. The summed E-state index contributed by atoms with van der Waals surface area (Å²) in [5, 5.41) is 8.82. The molecule has 26 heavy (non-hydrogen) atoms. The van der Waals surface area contributed by atoms with E-state index in [-0.39, 0.29) is 23.6 Å². The molecule has 6 heteroatoms. The average Bonchev–Trinajstić information content (AvgIpc) is 2.91. The molecule has 1 N–H and O–H groups in total. The summed E-state index contributed by atoms with van der Waals surface area (Å²) in [5.41, 5.74) is 1.70. The van der Waals surface area contributed by atoms with Crippen molar-refractivity contribution in [2.45, 2.75) is 25.1 Å². The Morgan fingerprint density at radius 2 is 1.77 bits per heavy atom. The molecule has 0 saturated carbocycles. The Morgan fingerprint density at radius 3 is 2.38 bits per heavy atom. The fourth-order valence-corrected chi connectivity index (χ4v) is 4.20. The quantitative estimate of drug-likeness (QED) is 0.492. The molecule has 1 aliphatic heterocycles. The standard InChI is InChI=1S/C20H20N2O3S/c1-13-19(16-6-4-3-5-7-16)26-20(21)22(13)12-18(24)15-8-10-17(11-9-15)25-14(2)23/h3-11,13,19,21H,12H2,1-2H3. The van der Waals surface area contributed by atoms with Gasteiger partial charge >= 0.3 is 5.97 Å². The van der Waals surface area contributed by atoms with E-state index >= 15 is 0 Å². The minimum atomic E-state index is -0.396. The molecule has 5 nitrogen and oxygen atoms in total. The van der Waals surface area contributed by atoms with Crippen LogP contribution in [0.4, 0.5) is 0 Å². The van der Waals surface area contributed by atoms with Crippen LogP contribution in [-0.2, 0) is 4.79 Å². The first kappa shape index (κ1) is 18.2. The number of rotatable bonds is 5. The van der Waals surface area contributed by atoms with Gasteiger partial charge in [0.1, 0.15) is 5.75 Å². The molecule has 1 fully saturated rings. The minimum absolute atomic E-state index is 0.0548. The lowest BCUT2D eigenvalue weighted by Crippen LogP contribution is -2.36. The lowest BCUT2D eigenvalue weighted by atomic mass is 10.0. The van der Waals surface area contributed by atoms with Crippen molar-refractivity contribution in [2.24, 2.45) is 0 Å². The summed E-state index contributed by atoms with van der Waals surface area (Å²) >= 11 is 1.48. The average molecular weight is 368 g/mol. The van der Waals surface area contributed by atoms with E-state index in [4.69, 9.17) is 10.1 Å². The normalized spacial score (nSPS) is 19.5. The zero-order valence-electron chi connectivity index (χ0n) is 14.6. The summed E-state index contributed by atoms with van der Waals surface area (Å²) in [6.45, 7) is 3.53. The van der Waals surface area contributed by atoms with Crippen LogP contribution >= 0.6 is 11.8 Å². The van der Waals surface area contributed by atoms with Gasteiger partial charge in [0.25, 0.3) is 0 Å². The van der Waals surface area contributed by atoms with Crippen LogP contribution in [0.25, 0.3) is 0 Å². The molecule has 0 aromatic heterocycles. The van der Waals surface area contributed by atoms with Crippen molar-refractivity contribution >= 4 is 28.7 Å². The van der Waals surface area contributed by atoms with Gasteiger partial charge in [-0.2, -0.15) is 0 Å². The number of hydrogen-bond acceptors (Lipinski definition) is 5. The van der Waals surface area contributed by atoms with Crippen molar-refractivity contribution in [1.82, 2.24) is 4.90 Å². The molecule has 2 atom stereocenters. The van der Waals surface area contributed by atoms with Crippen molar-refractivity contribution in [3.05, 3.63) is 65.7 Å². The third-order valence-electron chi connectivity index (χ3n) is 4.31. The highest BCUT2D eigenvalue weighted by molar-refractivity contribution is 8.14. The number of esters is 1. The highest BCUT2D eigenvalue weighted by Gasteiger charge is 2.37. The van der Waals surface area contributed by atoms with Crippen LogP contribution in [-0.4, -0.2) is 34.4 Å². The SMILES string of the molecule is CC(=O)Oc1ccc(C(=O)CN2C(=N)SC(c3ccccc3)C2C)cc1. The van der Waals surface area contributed by atoms with E-state index in [9.17, 15) is 9.59 Å². The van der Waals surface area contributed by atoms with Crippen molar-refractivity contribution in [1.29, 1.82) is 5.41 Å². The van der Waals surface area contributed by atoms with Gasteiger partial charge in [0.15, 0.2) is 11.0 Å². The first-order chi connectivity index (χ1) is 12.5. The van der Waals surface area contributed by atoms with Crippen molar-refractivity contribution in [3.63, 3.8) is 0 Å². The molecule has 2 unspecified atom stereocenters. The molecule has 1 saturated heterocycles. The molecule has 2 aromatic carbocycles. The van der Waals surface area contributed by atoms with Gasteiger partial charge in [-0.1, -0.05) is 42.1 Å². The maximum Gasteiger partial charge on any atom is 0.308 e. The second-order valence-electron chi connectivity index (χ2n) is 6.16. The van der Waals surface area contributed by atoms with E-state index in [1.54, 1.807) is 24.3 Å². The molecule has 0 bridgehead atoms. The van der Waals surface area contributed by atoms with Crippen LogP contribution in [0.5, 0.6) is 5.75 Å². The summed E-state index contributed by atoms with van der Waals surface area (Å²) in [5.74, 6) is -0.0475. The number of amidine groups is 1. The molecule has 3 rings (SSSR count). The van der Waals surface area contributed by atoms with Crippen LogP contribution in [0, 0.1) is 5.41 Å². The van der Waals surface area contributed by atoms with Gasteiger partial charge in [-0.15, -0.1) is 0 Å². The van der Waals surface area contributed by atoms with Gasteiger partial charge in [-0.25, -0.2) is 0 Å². The molecule has 134 valence electrons. The molecule has 0 amide bonds. The molecule has 2 aromatic rings. The van der Waals surface area contributed by atoms with Crippen LogP contribution in [0.1, 0.15) is 35.0 Å². The van der Waals surface area contributed by atoms with Crippen molar-refractivity contribution in [3.8, 4) is 5.75 Å². The molecular formula is C20H20N2O3S.